The number of hydrogen-bond donors (Lipinski definition) is 0. The number of carbonyl (C=O) groups is 1. The summed E-state index contributed by atoms with van der Waals surface area (Å²) in [6.07, 6.45) is 1.73. The van der Waals surface area contributed by atoms with Crippen LogP contribution in [0.5, 0.6) is 0 Å². The number of hydrogen-bond acceptors (Lipinski definition) is 1. The molecule has 2 aromatic carbocycles. The Kier molecular flexibility index (Phi) is 4.30. The van der Waals surface area contributed by atoms with Crippen LogP contribution in [0.3, 0.4) is 0 Å². The summed E-state index contributed by atoms with van der Waals surface area (Å²) >= 11 is 0. The van der Waals surface area contributed by atoms with Crippen molar-refractivity contribution in [3.63, 3.8) is 0 Å². The van der Waals surface area contributed by atoms with Crippen molar-refractivity contribution >= 4 is 5.78 Å². The lowest BCUT2D eigenvalue weighted by Crippen LogP contribution is -2.12. The molecule has 2 rings (SSSR count). The van der Waals surface area contributed by atoms with Crippen molar-refractivity contribution in [1.29, 1.82) is 0 Å². The molecule has 0 aromatic heterocycles. The quantitative estimate of drug-likeness (QED) is 0.737. The zero-order valence-electron chi connectivity index (χ0n) is 11.3. The van der Waals surface area contributed by atoms with Crippen molar-refractivity contribution in [3.8, 4) is 0 Å². The third-order valence-corrected chi connectivity index (χ3v) is 2.98. The zero-order chi connectivity index (χ0) is 13.7. The Bertz CT molecular complexity index is 524. The van der Waals surface area contributed by atoms with E-state index in [1.165, 1.54) is 0 Å². The van der Waals surface area contributed by atoms with Gasteiger partial charge in [-0.1, -0.05) is 66.2 Å². The standard InChI is InChI=1S/C18H18O/c1-14(2)13-17(19)18(15-9-5-3-6-10-15)16-11-7-4-8-12-16/h3-13,18H,1-2H3. The van der Waals surface area contributed by atoms with Gasteiger partial charge in [0, 0.05) is 0 Å². The van der Waals surface area contributed by atoms with Crippen molar-refractivity contribution in [2.75, 3.05) is 0 Å². The Morgan fingerprint density at radius 2 is 1.26 bits per heavy atom. The van der Waals surface area contributed by atoms with Gasteiger partial charge in [-0.15, -0.1) is 0 Å². The predicted octanol–water partition coefficient (Wildman–Crippen LogP) is 4.35. The molecule has 0 unspecified atom stereocenters. The topological polar surface area (TPSA) is 17.1 Å². The molecule has 19 heavy (non-hydrogen) atoms. The fraction of sp³-hybridized carbons (Fsp3) is 0.167. The van der Waals surface area contributed by atoms with Gasteiger partial charge in [-0.25, -0.2) is 0 Å². The first-order valence-corrected chi connectivity index (χ1v) is 6.47. The van der Waals surface area contributed by atoms with Crippen LogP contribution in [0.25, 0.3) is 0 Å². The second-order valence-electron chi connectivity index (χ2n) is 4.88. The highest BCUT2D eigenvalue weighted by molar-refractivity contribution is 5.98. The van der Waals surface area contributed by atoms with E-state index in [0.29, 0.717) is 0 Å². The second-order valence-corrected chi connectivity index (χ2v) is 4.88. The van der Waals surface area contributed by atoms with Crippen LogP contribution in [0.2, 0.25) is 0 Å². The molecule has 0 radical (unpaired) electrons. The molecule has 0 spiro atoms. The lowest BCUT2D eigenvalue weighted by Gasteiger charge is -2.15. The van der Waals surface area contributed by atoms with Gasteiger partial charge in [0.1, 0.15) is 0 Å². The fourth-order valence-electron chi connectivity index (χ4n) is 2.18. The summed E-state index contributed by atoms with van der Waals surface area (Å²) in [5.74, 6) is -0.0744. The molecule has 96 valence electrons. The van der Waals surface area contributed by atoms with E-state index in [-0.39, 0.29) is 11.7 Å². The van der Waals surface area contributed by atoms with Gasteiger partial charge in [0.25, 0.3) is 0 Å². The summed E-state index contributed by atoms with van der Waals surface area (Å²) in [7, 11) is 0. The van der Waals surface area contributed by atoms with Crippen LogP contribution in [0.1, 0.15) is 30.9 Å². The van der Waals surface area contributed by atoms with Gasteiger partial charge in [0.15, 0.2) is 5.78 Å². The molecule has 0 N–H and O–H groups in total. The van der Waals surface area contributed by atoms with Crippen LogP contribution in [0, 0.1) is 0 Å². The molecule has 0 aliphatic heterocycles. The lowest BCUT2D eigenvalue weighted by molar-refractivity contribution is -0.115. The molecule has 0 amide bonds. The van der Waals surface area contributed by atoms with Crippen LogP contribution in [-0.4, -0.2) is 5.78 Å². The third kappa shape index (κ3) is 3.41. The van der Waals surface area contributed by atoms with E-state index in [1.807, 2.05) is 74.5 Å². The van der Waals surface area contributed by atoms with Gasteiger partial charge in [-0.3, -0.25) is 4.79 Å². The van der Waals surface area contributed by atoms with E-state index in [4.69, 9.17) is 0 Å². The SMILES string of the molecule is CC(C)=CC(=O)C(c1ccccc1)c1ccccc1. The molecule has 0 atom stereocenters. The summed E-state index contributed by atoms with van der Waals surface area (Å²) in [4.78, 5) is 12.5. The van der Waals surface area contributed by atoms with Crippen LogP contribution in [-0.2, 0) is 4.79 Å². The summed E-state index contributed by atoms with van der Waals surface area (Å²) in [6.45, 7) is 3.90. The minimum absolute atomic E-state index is 0.136. The van der Waals surface area contributed by atoms with E-state index < -0.39 is 0 Å². The number of rotatable bonds is 4. The summed E-state index contributed by atoms with van der Waals surface area (Å²) in [5.41, 5.74) is 3.11. The van der Waals surface area contributed by atoms with E-state index in [0.717, 1.165) is 16.7 Å². The second kappa shape index (κ2) is 6.14. The largest absolute Gasteiger partial charge is 0.294 e. The molecule has 0 aliphatic carbocycles. The molecule has 1 nitrogen and oxygen atoms in total. The molecular weight excluding hydrogens is 232 g/mol. The molecule has 0 fully saturated rings. The Morgan fingerprint density at radius 1 is 0.842 bits per heavy atom. The van der Waals surface area contributed by atoms with Gasteiger partial charge in [0.2, 0.25) is 0 Å². The summed E-state index contributed by atoms with van der Waals surface area (Å²) < 4.78 is 0. The van der Waals surface area contributed by atoms with Crippen molar-refractivity contribution in [1.82, 2.24) is 0 Å². The van der Waals surface area contributed by atoms with Crippen LogP contribution in [0.4, 0.5) is 0 Å². The van der Waals surface area contributed by atoms with E-state index in [2.05, 4.69) is 0 Å². The lowest BCUT2D eigenvalue weighted by atomic mass is 9.87. The minimum Gasteiger partial charge on any atom is -0.294 e. The smallest absolute Gasteiger partial charge is 0.167 e. The average Bonchev–Trinajstić information content (AvgIpc) is 2.40. The average molecular weight is 250 g/mol. The molecule has 0 heterocycles. The number of carbonyl (C=O) groups excluding carboxylic acids is 1. The van der Waals surface area contributed by atoms with Crippen LogP contribution < -0.4 is 0 Å². The van der Waals surface area contributed by atoms with Crippen molar-refractivity contribution in [3.05, 3.63) is 83.4 Å². The zero-order valence-corrected chi connectivity index (χ0v) is 11.3. The predicted molar refractivity (Wildman–Crippen MR) is 79.2 cm³/mol. The Labute approximate surface area is 114 Å². The van der Waals surface area contributed by atoms with E-state index in [1.54, 1.807) is 6.08 Å². The maximum absolute atomic E-state index is 12.5. The molecule has 2 aromatic rings. The van der Waals surface area contributed by atoms with Crippen molar-refractivity contribution in [2.24, 2.45) is 0 Å². The van der Waals surface area contributed by atoms with Crippen molar-refractivity contribution in [2.45, 2.75) is 19.8 Å². The molecule has 0 saturated heterocycles. The van der Waals surface area contributed by atoms with Gasteiger partial charge in [-0.2, -0.15) is 0 Å². The molecule has 0 saturated carbocycles. The summed E-state index contributed by atoms with van der Waals surface area (Å²) in [5, 5.41) is 0. The van der Waals surface area contributed by atoms with Gasteiger partial charge in [0.05, 0.1) is 5.92 Å². The van der Waals surface area contributed by atoms with Crippen LogP contribution in [0.15, 0.2) is 72.3 Å². The highest BCUT2D eigenvalue weighted by Gasteiger charge is 2.20. The number of ketones is 1. The number of allylic oxidation sites excluding steroid dienone is 2. The first-order chi connectivity index (χ1) is 9.18. The Hall–Kier alpha value is -2.15. The number of benzene rings is 2. The first kappa shape index (κ1) is 13.3. The molecule has 0 aliphatic rings. The highest BCUT2D eigenvalue weighted by atomic mass is 16.1. The summed E-state index contributed by atoms with van der Waals surface area (Å²) in [6, 6.07) is 19.9. The molecular formula is C18H18O. The Morgan fingerprint density at radius 3 is 1.63 bits per heavy atom. The highest BCUT2D eigenvalue weighted by Crippen LogP contribution is 2.26. The Balaban J connectivity index is 2.46. The van der Waals surface area contributed by atoms with E-state index in [9.17, 15) is 4.79 Å². The van der Waals surface area contributed by atoms with Crippen LogP contribution >= 0.6 is 0 Å². The normalized spacial score (nSPS) is 10.3. The van der Waals surface area contributed by atoms with Gasteiger partial charge < -0.3 is 0 Å². The minimum atomic E-state index is -0.211. The molecule has 0 bridgehead atoms. The van der Waals surface area contributed by atoms with Crippen molar-refractivity contribution < 1.29 is 4.79 Å². The monoisotopic (exact) mass is 250 g/mol. The van der Waals surface area contributed by atoms with Gasteiger partial charge in [-0.05, 0) is 31.1 Å². The molecule has 1 heteroatoms. The maximum atomic E-state index is 12.5. The third-order valence-electron chi connectivity index (χ3n) is 2.98. The fourth-order valence-corrected chi connectivity index (χ4v) is 2.18. The van der Waals surface area contributed by atoms with Gasteiger partial charge >= 0.3 is 0 Å². The maximum Gasteiger partial charge on any atom is 0.167 e. The first-order valence-electron chi connectivity index (χ1n) is 6.47. The van der Waals surface area contributed by atoms with E-state index >= 15 is 0 Å².